The molecule has 1 atom stereocenters. The predicted molar refractivity (Wildman–Crippen MR) is 60.6 cm³/mol. The van der Waals surface area contributed by atoms with Crippen molar-refractivity contribution < 1.29 is 14.3 Å². The number of amides is 2. The zero-order chi connectivity index (χ0) is 12.4. The van der Waals surface area contributed by atoms with Gasteiger partial charge in [-0.25, -0.2) is 4.79 Å². The van der Waals surface area contributed by atoms with Gasteiger partial charge in [0.1, 0.15) is 6.61 Å². The molecule has 0 aromatic rings. The maximum absolute atomic E-state index is 10.9. The normalized spacial score (nSPS) is 11.6. The number of hydrogen-bond acceptors (Lipinski definition) is 4. The van der Waals surface area contributed by atoms with Crippen LogP contribution in [0.3, 0.4) is 0 Å². The first-order valence-electron chi connectivity index (χ1n) is 5.14. The Morgan fingerprint density at radius 2 is 2.12 bits per heavy atom. The molecule has 16 heavy (non-hydrogen) atoms. The van der Waals surface area contributed by atoms with Gasteiger partial charge in [-0.15, -0.1) is 0 Å². The van der Waals surface area contributed by atoms with E-state index in [2.05, 4.69) is 11.9 Å². The fourth-order valence-corrected chi connectivity index (χ4v) is 1.01. The topological polar surface area (TPSA) is 107 Å². The van der Waals surface area contributed by atoms with Gasteiger partial charge in [-0.05, 0) is 19.3 Å². The molecule has 0 saturated carbocycles. The lowest BCUT2D eigenvalue weighted by molar-refractivity contribution is -0.119. The molecule has 0 aliphatic heterocycles. The van der Waals surface area contributed by atoms with Crippen LogP contribution in [0.25, 0.3) is 0 Å². The van der Waals surface area contributed by atoms with Gasteiger partial charge >= 0.3 is 6.09 Å². The number of hydrogen-bond donors (Lipinski definition) is 3. The zero-order valence-corrected chi connectivity index (χ0v) is 9.28. The third-order valence-corrected chi connectivity index (χ3v) is 1.91. The van der Waals surface area contributed by atoms with Crippen LogP contribution in [0.4, 0.5) is 4.79 Å². The minimum atomic E-state index is -0.604. The maximum atomic E-state index is 10.9. The molecule has 6 nitrogen and oxygen atoms in total. The van der Waals surface area contributed by atoms with Crippen molar-refractivity contribution >= 4 is 12.0 Å². The minimum Gasteiger partial charge on any atom is -0.445 e. The number of carbonyl (C=O) groups is 2. The van der Waals surface area contributed by atoms with Gasteiger partial charge in [-0.3, -0.25) is 4.79 Å². The first kappa shape index (κ1) is 14.4. The smallest absolute Gasteiger partial charge is 0.407 e. The van der Waals surface area contributed by atoms with Crippen molar-refractivity contribution in [2.24, 2.45) is 11.5 Å². The number of primary amides is 1. The number of alkyl carbamates (subject to hydrolysis) is 1. The summed E-state index contributed by atoms with van der Waals surface area (Å²) in [5.74, 6) is -0.502. The largest absolute Gasteiger partial charge is 0.445 e. The summed E-state index contributed by atoms with van der Waals surface area (Å²) < 4.78 is 4.69. The minimum absolute atomic E-state index is 0.193. The second-order valence-corrected chi connectivity index (χ2v) is 3.32. The van der Waals surface area contributed by atoms with E-state index < -0.39 is 18.0 Å². The summed E-state index contributed by atoms with van der Waals surface area (Å²) in [6.45, 7) is 4.10. The highest BCUT2D eigenvalue weighted by Gasteiger charge is 2.07. The highest BCUT2D eigenvalue weighted by molar-refractivity contribution is 5.79. The first-order valence-corrected chi connectivity index (χ1v) is 5.14. The van der Waals surface area contributed by atoms with Crippen LogP contribution in [-0.2, 0) is 9.53 Å². The third kappa shape index (κ3) is 7.81. The summed E-state index contributed by atoms with van der Waals surface area (Å²) >= 11 is 0. The van der Waals surface area contributed by atoms with E-state index in [0.717, 1.165) is 12.8 Å². The molecule has 0 aromatic heterocycles. The van der Waals surface area contributed by atoms with E-state index >= 15 is 0 Å². The SMILES string of the molecule is C=CCOC(=O)NCCCC[C@H](N)C(N)=O. The number of nitrogens with one attached hydrogen (secondary N) is 1. The van der Waals surface area contributed by atoms with E-state index in [4.69, 9.17) is 16.2 Å². The molecule has 0 fully saturated rings. The number of unbranched alkanes of at least 4 members (excludes halogenated alkanes) is 1. The van der Waals surface area contributed by atoms with Crippen molar-refractivity contribution in [2.45, 2.75) is 25.3 Å². The number of nitrogens with two attached hydrogens (primary N) is 2. The van der Waals surface area contributed by atoms with E-state index in [9.17, 15) is 9.59 Å². The lowest BCUT2D eigenvalue weighted by Crippen LogP contribution is -2.36. The second-order valence-electron chi connectivity index (χ2n) is 3.32. The molecule has 0 spiro atoms. The van der Waals surface area contributed by atoms with Crippen molar-refractivity contribution in [1.82, 2.24) is 5.32 Å². The standard InChI is InChI=1S/C10H19N3O3/c1-2-7-16-10(15)13-6-4-3-5-8(11)9(12)14/h2,8H,1,3-7,11H2,(H2,12,14)(H,13,15)/t8-/m0/s1. The van der Waals surface area contributed by atoms with Crippen LogP contribution in [0.15, 0.2) is 12.7 Å². The average Bonchev–Trinajstić information content (AvgIpc) is 2.25. The molecule has 0 aliphatic carbocycles. The van der Waals surface area contributed by atoms with Crippen molar-refractivity contribution in [3.8, 4) is 0 Å². The van der Waals surface area contributed by atoms with Crippen LogP contribution >= 0.6 is 0 Å². The molecular formula is C10H19N3O3. The van der Waals surface area contributed by atoms with Gasteiger partial charge < -0.3 is 21.5 Å². The summed E-state index contributed by atoms with van der Waals surface area (Å²) in [7, 11) is 0. The number of carbonyl (C=O) groups excluding carboxylic acids is 2. The molecule has 2 amide bonds. The molecule has 92 valence electrons. The Morgan fingerprint density at radius 3 is 2.69 bits per heavy atom. The Hall–Kier alpha value is -1.56. The van der Waals surface area contributed by atoms with Crippen LogP contribution in [-0.4, -0.2) is 31.2 Å². The van der Waals surface area contributed by atoms with Crippen LogP contribution in [0.1, 0.15) is 19.3 Å². The van der Waals surface area contributed by atoms with E-state index in [1.54, 1.807) is 0 Å². The monoisotopic (exact) mass is 229 g/mol. The van der Waals surface area contributed by atoms with Gasteiger partial charge in [0.15, 0.2) is 0 Å². The lowest BCUT2D eigenvalue weighted by Gasteiger charge is -2.07. The molecule has 0 rings (SSSR count). The summed E-state index contributed by atoms with van der Waals surface area (Å²) in [6, 6.07) is -0.604. The fourth-order valence-electron chi connectivity index (χ4n) is 1.01. The maximum Gasteiger partial charge on any atom is 0.407 e. The quantitative estimate of drug-likeness (QED) is 0.398. The number of ether oxygens (including phenoxy) is 1. The highest BCUT2D eigenvalue weighted by Crippen LogP contribution is 1.97. The second kappa shape index (κ2) is 8.72. The van der Waals surface area contributed by atoms with Gasteiger partial charge in [-0.1, -0.05) is 12.7 Å². The van der Waals surface area contributed by atoms with Crippen LogP contribution in [0, 0.1) is 0 Å². The summed E-state index contributed by atoms with van der Waals surface area (Å²) in [5, 5.41) is 2.55. The average molecular weight is 229 g/mol. The van der Waals surface area contributed by atoms with E-state index in [0.29, 0.717) is 13.0 Å². The van der Waals surface area contributed by atoms with E-state index in [1.807, 2.05) is 0 Å². The highest BCUT2D eigenvalue weighted by atomic mass is 16.5. The first-order chi connectivity index (χ1) is 7.57. The molecular weight excluding hydrogens is 210 g/mol. The van der Waals surface area contributed by atoms with Crippen LogP contribution in [0.2, 0.25) is 0 Å². The van der Waals surface area contributed by atoms with Crippen LogP contribution < -0.4 is 16.8 Å². The van der Waals surface area contributed by atoms with Gasteiger partial charge in [0, 0.05) is 6.54 Å². The summed E-state index contributed by atoms with van der Waals surface area (Å²) in [4.78, 5) is 21.5. The van der Waals surface area contributed by atoms with Crippen LogP contribution in [0.5, 0.6) is 0 Å². The number of rotatable bonds is 8. The molecule has 0 heterocycles. The fraction of sp³-hybridized carbons (Fsp3) is 0.600. The molecule has 0 radical (unpaired) electrons. The van der Waals surface area contributed by atoms with Crippen molar-refractivity contribution in [2.75, 3.05) is 13.2 Å². The lowest BCUT2D eigenvalue weighted by atomic mass is 10.1. The third-order valence-electron chi connectivity index (χ3n) is 1.91. The van der Waals surface area contributed by atoms with Crippen molar-refractivity contribution in [3.05, 3.63) is 12.7 Å². The Balaban J connectivity index is 3.36. The molecule has 0 saturated heterocycles. The molecule has 0 unspecified atom stereocenters. The van der Waals surface area contributed by atoms with E-state index in [1.165, 1.54) is 6.08 Å². The summed E-state index contributed by atoms with van der Waals surface area (Å²) in [6.07, 6.45) is 3.00. The van der Waals surface area contributed by atoms with Crippen molar-refractivity contribution in [3.63, 3.8) is 0 Å². The van der Waals surface area contributed by atoms with Gasteiger partial charge in [-0.2, -0.15) is 0 Å². The van der Waals surface area contributed by atoms with E-state index in [-0.39, 0.29) is 6.61 Å². The molecule has 0 aromatic carbocycles. The van der Waals surface area contributed by atoms with Gasteiger partial charge in [0.2, 0.25) is 5.91 Å². The molecule has 5 N–H and O–H groups in total. The van der Waals surface area contributed by atoms with Gasteiger partial charge in [0.25, 0.3) is 0 Å². The zero-order valence-electron chi connectivity index (χ0n) is 9.28. The predicted octanol–water partition coefficient (Wildman–Crippen LogP) is -0.118. The Kier molecular flexibility index (Phi) is 7.87. The molecule has 6 heteroatoms. The Bertz CT molecular complexity index is 243. The molecule has 0 aliphatic rings. The summed E-state index contributed by atoms with van der Waals surface area (Å²) in [5.41, 5.74) is 10.4. The van der Waals surface area contributed by atoms with Crippen molar-refractivity contribution in [1.29, 1.82) is 0 Å². The van der Waals surface area contributed by atoms with Gasteiger partial charge in [0.05, 0.1) is 6.04 Å². The Labute approximate surface area is 95.0 Å². The molecule has 0 bridgehead atoms. The Morgan fingerprint density at radius 1 is 1.44 bits per heavy atom.